The van der Waals surface area contributed by atoms with Crippen LogP contribution in [0.25, 0.3) is 0 Å². The normalized spacial score (nSPS) is 14.2. The molecule has 2 rings (SSSR count). The Morgan fingerprint density at radius 2 is 1.79 bits per heavy atom. The van der Waals surface area contributed by atoms with E-state index in [1.54, 1.807) is 0 Å². The van der Waals surface area contributed by atoms with Crippen molar-refractivity contribution in [3.63, 3.8) is 0 Å². The number of halogens is 5. The van der Waals surface area contributed by atoms with E-state index in [4.69, 9.17) is 23.1 Å². The van der Waals surface area contributed by atoms with E-state index in [1.165, 1.54) is 18.3 Å². The third-order valence-corrected chi connectivity index (χ3v) is 3.60. The van der Waals surface area contributed by atoms with Gasteiger partial charge in [0, 0.05) is 6.20 Å². The number of amides is 1. The molecule has 1 unspecified atom stereocenters. The van der Waals surface area contributed by atoms with Crippen LogP contribution in [-0.4, -0.2) is 10.9 Å². The molecule has 1 atom stereocenters. The molecule has 2 aromatic rings. The molecule has 4 N–H and O–H groups in total. The zero-order valence-corrected chi connectivity index (χ0v) is 12.8. The summed E-state index contributed by atoms with van der Waals surface area (Å²) in [6, 6.07) is 4.56. The van der Waals surface area contributed by atoms with E-state index in [0.29, 0.717) is 12.1 Å². The van der Waals surface area contributed by atoms with E-state index in [0.717, 1.165) is 6.07 Å². The van der Waals surface area contributed by atoms with Gasteiger partial charge in [0.1, 0.15) is 5.82 Å². The van der Waals surface area contributed by atoms with Crippen molar-refractivity contribution in [3.05, 3.63) is 64.2 Å². The highest BCUT2D eigenvalue weighted by molar-refractivity contribution is 6.30. The second kappa shape index (κ2) is 6.37. The highest BCUT2D eigenvalue weighted by Gasteiger charge is 2.37. The summed E-state index contributed by atoms with van der Waals surface area (Å²) in [4.78, 5) is 15.3. The van der Waals surface area contributed by atoms with Gasteiger partial charge in [0.2, 0.25) is 5.91 Å². The van der Waals surface area contributed by atoms with Gasteiger partial charge in [0.25, 0.3) is 0 Å². The monoisotopic (exact) mass is 361 g/mol. The zero-order valence-electron chi connectivity index (χ0n) is 12.1. The zero-order chi connectivity index (χ0) is 18.1. The number of aromatic nitrogens is 1. The lowest BCUT2D eigenvalue weighted by molar-refractivity contribution is -0.137. The van der Waals surface area contributed by atoms with Crippen molar-refractivity contribution < 1.29 is 22.4 Å². The highest BCUT2D eigenvalue weighted by Crippen LogP contribution is 2.35. The Hall–Kier alpha value is -2.19. The Kier molecular flexibility index (Phi) is 4.82. The van der Waals surface area contributed by atoms with Gasteiger partial charge in [-0.05, 0) is 35.9 Å². The molecule has 0 spiro atoms. The van der Waals surface area contributed by atoms with Crippen molar-refractivity contribution >= 4 is 17.5 Å². The van der Waals surface area contributed by atoms with E-state index in [-0.39, 0.29) is 16.3 Å². The summed E-state index contributed by atoms with van der Waals surface area (Å²) in [5.74, 6) is -2.03. The van der Waals surface area contributed by atoms with Crippen molar-refractivity contribution in [1.29, 1.82) is 0 Å². The molecular weight excluding hydrogens is 350 g/mol. The summed E-state index contributed by atoms with van der Waals surface area (Å²) in [5.41, 5.74) is 7.98. The van der Waals surface area contributed by atoms with Gasteiger partial charge in [-0.1, -0.05) is 11.6 Å². The van der Waals surface area contributed by atoms with Gasteiger partial charge in [-0.2, -0.15) is 13.2 Å². The molecule has 0 fully saturated rings. The average Bonchev–Trinajstić information content (AvgIpc) is 2.45. The molecule has 128 valence electrons. The minimum absolute atomic E-state index is 0.0319. The molecule has 1 aromatic carbocycles. The van der Waals surface area contributed by atoms with E-state index in [1.807, 2.05) is 0 Å². The quantitative estimate of drug-likeness (QED) is 0.821. The summed E-state index contributed by atoms with van der Waals surface area (Å²) in [6.45, 7) is 0. The minimum atomic E-state index is -4.78. The van der Waals surface area contributed by atoms with Crippen LogP contribution >= 0.6 is 11.6 Å². The van der Waals surface area contributed by atoms with E-state index >= 15 is 0 Å². The molecule has 9 heteroatoms. The first-order chi connectivity index (χ1) is 11.0. The smallest absolute Gasteiger partial charge is 0.370 e. The Bertz CT molecular complexity index is 764. The minimum Gasteiger partial charge on any atom is -0.370 e. The lowest BCUT2D eigenvalue weighted by Crippen LogP contribution is -2.42. The fraction of sp³-hybridized carbons (Fsp3) is 0.200. The number of carbonyl (C=O) groups is 1. The predicted molar refractivity (Wildman–Crippen MR) is 79.4 cm³/mol. The first-order valence-electron chi connectivity index (χ1n) is 6.60. The molecule has 1 aromatic heterocycles. The molecule has 0 aliphatic rings. The van der Waals surface area contributed by atoms with Gasteiger partial charge in [-0.15, -0.1) is 0 Å². The topological polar surface area (TPSA) is 82.0 Å². The van der Waals surface area contributed by atoms with Crippen LogP contribution in [0.2, 0.25) is 5.02 Å². The van der Waals surface area contributed by atoms with Gasteiger partial charge in [-0.25, -0.2) is 4.39 Å². The van der Waals surface area contributed by atoms with Crippen molar-refractivity contribution in [3.8, 4) is 0 Å². The number of hydrogen-bond acceptors (Lipinski definition) is 3. The Labute approximate surface area is 139 Å². The van der Waals surface area contributed by atoms with Crippen LogP contribution in [0.5, 0.6) is 0 Å². The summed E-state index contributed by atoms with van der Waals surface area (Å²) in [5, 5.41) is 0.260. The summed E-state index contributed by atoms with van der Waals surface area (Å²) < 4.78 is 52.5. The van der Waals surface area contributed by atoms with Gasteiger partial charge in [0.05, 0.1) is 28.2 Å². The van der Waals surface area contributed by atoms with E-state index in [2.05, 4.69) is 4.98 Å². The molecular formula is C15H12ClF4N3O. The van der Waals surface area contributed by atoms with E-state index in [9.17, 15) is 22.4 Å². The Balaban J connectivity index is 2.66. The van der Waals surface area contributed by atoms with Crippen LogP contribution in [-0.2, 0) is 16.5 Å². The standard InChI is InChI=1S/C15H12ClF4N3O/c16-10-1-2-12(23-7-10)14(22,6-13(21)24)8-3-9(15(18,19)20)5-11(17)4-8/h1-5,7H,6,22H2,(H2,21,24). The molecule has 0 radical (unpaired) electrons. The number of alkyl halides is 3. The fourth-order valence-electron chi connectivity index (χ4n) is 2.27. The van der Waals surface area contributed by atoms with Gasteiger partial charge >= 0.3 is 6.18 Å². The maximum absolute atomic E-state index is 13.7. The highest BCUT2D eigenvalue weighted by atomic mass is 35.5. The predicted octanol–water partition coefficient (Wildman–Crippen LogP) is 2.97. The molecule has 0 aliphatic heterocycles. The first-order valence-corrected chi connectivity index (χ1v) is 6.97. The third-order valence-electron chi connectivity index (χ3n) is 3.38. The molecule has 0 saturated carbocycles. The number of primary amides is 1. The molecule has 0 saturated heterocycles. The van der Waals surface area contributed by atoms with Gasteiger partial charge < -0.3 is 11.5 Å². The lowest BCUT2D eigenvalue weighted by atomic mass is 9.83. The Morgan fingerprint density at radius 1 is 1.17 bits per heavy atom. The molecule has 0 aliphatic carbocycles. The maximum atomic E-state index is 13.7. The van der Waals surface area contributed by atoms with Crippen LogP contribution in [0.4, 0.5) is 17.6 Å². The maximum Gasteiger partial charge on any atom is 0.416 e. The molecule has 24 heavy (non-hydrogen) atoms. The number of nitrogens with zero attached hydrogens (tertiary/aromatic N) is 1. The van der Waals surface area contributed by atoms with Crippen molar-refractivity contribution in [2.45, 2.75) is 18.1 Å². The Morgan fingerprint density at radius 3 is 2.29 bits per heavy atom. The van der Waals surface area contributed by atoms with E-state index < -0.39 is 35.4 Å². The number of carbonyl (C=O) groups excluding carboxylic acids is 1. The van der Waals surface area contributed by atoms with Crippen molar-refractivity contribution in [2.75, 3.05) is 0 Å². The van der Waals surface area contributed by atoms with Crippen LogP contribution in [0.1, 0.15) is 23.2 Å². The number of hydrogen-bond donors (Lipinski definition) is 2. The molecule has 4 nitrogen and oxygen atoms in total. The van der Waals surface area contributed by atoms with Gasteiger partial charge in [-0.3, -0.25) is 9.78 Å². The number of rotatable bonds is 4. The molecule has 1 amide bonds. The fourth-order valence-corrected chi connectivity index (χ4v) is 2.38. The van der Waals surface area contributed by atoms with Crippen molar-refractivity contribution in [1.82, 2.24) is 4.98 Å². The van der Waals surface area contributed by atoms with Crippen molar-refractivity contribution in [2.24, 2.45) is 11.5 Å². The lowest BCUT2D eigenvalue weighted by Gasteiger charge is -2.29. The number of pyridine rings is 1. The summed E-state index contributed by atoms with van der Waals surface area (Å²) in [7, 11) is 0. The van der Waals surface area contributed by atoms with Crippen LogP contribution in [0.3, 0.4) is 0 Å². The van der Waals surface area contributed by atoms with Gasteiger partial charge in [0.15, 0.2) is 0 Å². The SMILES string of the molecule is NC(=O)CC(N)(c1cc(F)cc(C(F)(F)F)c1)c1ccc(Cl)cn1. The third kappa shape index (κ3) is 3.82. The van der Waals surface area contributed by atoms with Crippen LogP contribution in [0, 0.1) is 5.82 Å². The van der Waals surface area contributed by atoms with Crippen LogP contribution < -0.4 is 11.5 Å². The van der Waals surface area contributed by atoms with Crippen LogP contribution in [0.15, 0.2) is 36.5 Å². The summed E-state index contributed by atoms with van der Waals surface area (Å²) in [6.07, 6.45) is -4.14. The molecule has 1 heterocycles. The molecule has 0 bridgehead atoms. The number of benzene rings is 1. The second-order valence-corrected chi connectivity index (χ2v) is 5.64. The largest absolute Gasteiger partial charge is 0.416 e. The first kappa shape index (κ1) is 18.2. The second-order valence-electron chi connectivity index (χ2n) is 5.20. The number of nitrogens with two attached hydrogens (primary N) is 2. The average molecular weight is 362 g/mol. The summed E-state index contributed by atoms with van der Waals surface area (Å²) >= 11 is 5.72.